The molecule has 0 aromatic carbocycles. The van der Waals surface area contributed by atoms with Gasteiger partial charge in [-0.1, -0.05) is 38.5 Å². The minimum atomic E-state index is -0.700. The number of ether oxygens (including phenoxy) is 1. The van der Waals surface area contributed by atoms with Crippen molar-refractivity contribution in [2.45, 2.75) is 84.2 Å². The van der Waals surface area contributed by atoms with Crippen LogP contribution in [0.3, 0.4) is 0 Å². The Hall–Kier alpha value is -1.26. The molecule has 0 aromatic rings. The van der Waals surface area contributed by atoms with E-state index in [0.717, 1.165) is 38.6 Å². The Morgan fingerprint density at radius 2 is 1.36 bits per heavy atom. The molecule has 130 valence electrons. The average molecular weight is 315 g/mol. The molecule has 0 fully saturated rings. The molecule has 0 saturated carbocycles. The molecule has 22 heavy (non-hydrogen) atoms. The third-order valence-corrected chi connectivity index (χ3v) is 3.34. The van der Waals surface area contributed by atoms with Crippen LogP contribution in [-0.4, -0.2) is 41.3 Å². The maximum absolute atomic E-state index is 11.7. The molecule has 1 amide bonds. The van der Waals surface area contributed by atoms with E-state index in [-0.39, 0.29) is 12.5 Å². The first-order chi connectivity index (χ1) is 10.2. The molecule has 0 aromatic heterocycles. The summed E-state index contributed by atoms with van der Waals surface area (Å²) in [4.78, 5) is 23.7. The van der Waals surface area contributed by atoms with Crippen molar-refractivity contribution in [3.8, 4) is 0 Å². The number of carbonyl (C=O) groups excluding carboxylic acids is 1. The van der Waals surface area contributed by atoms with Gasteiger partial charge in [0.15, 0.2) is 0 Å². The molecule has 0 aliphatic heterocycles. The summed E-state index contributed by atoms with van der Waals surface area (Å²) >= 11 is 0. The Morgan fingerprint density at radius 3 is 1.82 bits per heavy atom. The highest BCUT2D eigenvalue weighted by Crippen LogP contribution is 2.12. The van der Waals surface area contributed by atoms with Gasteiger partial charge in [0.05, 0.1) is 0 Å². The molecule has 0 atom stereocenters. The molecule has 0 aliphatic rings. The molecule has 5 nitrogen and oxygen atoms in total. The lowest BCUT2D eigenvalue weighted by Gasteiger charge is -2.24. The zero-order chi connectivity index (χ0) is 17.0. The van der Waals surface area contributed by atoms with E-state index in [0.29, 0.717) is 0 Å². The number of unbranched alkanes of at least 4 members (excludes halogenated alkanes) is 7. The normalized spacial score (nSPS) is 11.3. The fourth-order valence-electron chi connectivity index (χ4n) is 2.12. The third-order valence-electron chi connectivity index (χ3n) is 3.34. The first kappa shape index (κ1) is 20.7. The van der Waals surface area contributed by atoms with Gasteiger partial charge in [0.1, 0.15) is 5.60 Å². The number of amides is 1. The standard InChI is InChI=1S/C17H33NO4/c1-17(2,3)22-16(21)18(4)14-12-10-8-6-5-7-9-11-13-15(19)20/h5-14H2,1-4H3,(H,19,20). The number of aliphatic carboxylic acids is 1. The summed E-state index contributed by atoms with van der Waals surface area (Å²) < 4.78 is 5.29. The van der Waals surface area contributed by atoms with Gasteiger partial charge < -0.3 is 14.7 Å². The van der Waals surface area contributed by atoms with Crippen LogP contribution in [0.15, 0.2) is 0 Å². The Labute approximate surface area is 135 Å². The predicted molar refractivity (Wildman–Crippen MR) is 88.1 cm³/mol. The Balaban J connectivity index is 3.42. The van der Waals surface area contributed by atoms with E-state index in [1.54, 1.807) is 11.9 Å². The summed E-state index contributed by atoms with van der Waals surface area (Å²) in [5.74, 6) is -0.700. The number of hydrogen-bond donors (Lipinski definition) is 1. The van der Waals surface area contributed by atoms with E-state index in [1.807, 2.05) is 20.8 Å². The first-order valence-electron chi connectivity index (χ1n) is 8.38. The molecular weight excluding hydrogens is 282 g/mol. The molecule has 0 saturated heterocycles. The van der Waals surface area contributed by atoms with Gasteiger partial charge in [-0.3, -0.25) is 4.79 Å². The smallest absolute Gasteiger partial charge is 0.410 e. The van der Waals surface area contributed by atoms with E-state index < -0.39 is 11.6 Å². The predicted octanol–water partition coefficient (Wildman–Crippen LogP) is 4.45. The van der Waals surface area contributed by atoms with Crippen molar-refractivity contribution in [1.82, 2.24) is 4.90 Å². The van der Waals surface area contributed by atoms with E-state index in [4.69, 9.17) is 9.84 Å². The second-order valence-corrected chi connectivity index (χ2v) is 6.87. The lowest BCUT2D eigenvalue weighted by atomic mass is 10.1. The molecule has 1 N–H and O–H groups in total. The highest BCUT2D eigenvalue weighted by molar-refractivity contribution is 5.67. The molecule has 0 bridgehead atoms. The van der Waals surface area contributed by atoms with Crippen LogP contribution in [0.1, 0.15) is 78.6 Å². The zero-order valence-corrected chi connectivity index (χ0v) is 14.7. The zero-order valence-electron chi connectivity index (χ0n) is 14.7. The number of carboxylic acids is 1. The Morgan fingerprint density at radius 1 is 0.909 bits per heavy atom. The summed E-state index contributed by atoms with van der Waals surface area (Å²) in [6.45, 7) is 6.34. The fraction of sp³-hybridized carbons (Fsp3) is 0.882. The molecule has 0 rings (SSSR count). The fourth-order valence-corrected chi connectivity index (χ4v) is 2.12. The van der Waals surface area contributed by atoms with Crippen molar-refractivity contribution >= 4 is 12.1 Å². The van der Waals surface area contributed by atoms with Crippen molar-refractivity contribution in [2.75, 3.05) is 13.6 Å². The largest absolute Gasteiger partial charge is 0.481 e. The van der Waals surface area contributed by atoms with Crippen molar-refractivity contribution in [3.05, 3.63) is 0 Å². The number of carboxylic acid groups (broad SMARTS) is 1. The lowest BCUT2D eigenvalue weighted by molar-refractivity contribution is -0.137. The highest BCUT2D eigenvalue weighted by atomic mass is 16.6. The van der Waals surface area contributed by atoms with Crippen LogP contribution in [-0.2, 0) is 9.53 Å². The Kier molecular flexibility index (Phi) is 10.7. The number of rotatable bonds is 11. The number of hydrogen-bond acceptors (Lipinski definition) is 3. The van der Waals surface area contributed by atoms with Crippen LogP contribution in [0.5, 0.6) is 0 Å². The topological polar surface area (TPSA) is 66.8 Å². The third kappa shape index (κ3) is 13.7. The van der Waals surface area contributed by atoms with Crippen LogP contribution in [0.2, 0.25) is 0 Å². The maximum atomic E-state index is 11.7. The SMILES string of the molecule is CN(CCCCCCCCCCC(=O)O)C(=O)OC(C)(C)C. The van der Waals surface area contributed by atoms with Crippen LogP contribution in [0, 0.1) is 0 Å². The van der Waals surface area contributed by atoms with Gasteiger partial charge in [-0.25, -0.2) is 4.79 Å². The van der Waals surface area contributed by atoms with Gasteiger partial charge in [-0.05, 0) is 33.6 Å². The van der Waals surface area contributed by atoms with E-state index in [9.17, 15) is 9.59 Å². The molecule has 0 radical (unpaired) electrons. The van der Waals surface area contributed by atoms with Gasteiger partial charge in [-0.2, -0.15) is 0 Å². The first-order valence-corrected chi connectivity index (χ1v) is 8.38. The Bertz CT molecular complexity index is 323. The maximum Gasteiger partial charge on any atom is 0.410 e. The summed E-state index contributed by atoms with van der Waals surface area (Å²) in [5, 5.41) is 8.52. The van der Waals surface area contributed by atoms with Gasteiger partial charge in [0, 0.05) is 20.0 Å². The summed E-state index contributed by atoms with van der Waals surface area (Å²) in [7, 11) is 1.77. The van der Waals surface area contributed by atoms with Crippen molar-refractivity contribution in [3.63, 3.8) is 0 Å². The average Bonchev–Trinajstić information content (AvgIpc) is 2.38. The molecular formula is C17H33NO4. The van der Waals surface area contributed by atoms with E-state index in [1.165, 1.54) is 19.3 Å². The highest BCUT2D eigenvalue weighted by Gasteiger charge is 2.18. The van der Waals surface area contributed by atoms with Crippen LogP contribution < -0.4 is 0 Å². The quantitative estimate of drug-likeness (QED) is 0.572. The van der Waals surface area contributed by atoms with Crippen LogP contribution in [0.4, 0.5) is 4.79 Å². The lowest BCUT2D eigenvalue weighted by Crippen LogP contribution is -2.34. The van der Waals surface area contributed by atoms with Gasteiger partial charge in [0.2, 0.25) is 0 Å². The molecule has 0 spiro atoms. The van der Waals surface area contributed by atoms with Gasteiger partial charge in [-0.15, -0.1) is 0 Å². The van der Waals surface area contributed by atoms with Crippen molar-refractivity contribution in [2.24, 2.45) is 0 Å². The van der Waals surface area contributed by atoms with E-state index >= 15 is 0 Å². The van der Waals surface area contributed by atoms with Crippen molar-refractivity contribution in [1.29, 1.82) is 0 Å². The van der Waals surface area contributed by atoms with Gasteiger partial charge >= 0.3 is 12.1 Å². The minimum Gasteiger partial charge on any atom is -0.481 e. The van der Waals surface area contributed by atoms with E-state index in [2.05, 4.69) is 0 Å². The van der Waals surface area contributed by atoms with Gasteiger partial charge in [0.25, 0.3) is 0 Å². The van der Waals surface area contributed by atoms with Crippen LogP contribution >= 0.6 is 0 Å². The molecule has 0 aliphatic carbocycles. The summed E-state index contributed by atoms with van der Waals surface area (Å²) in [6, 6.07) is 0. The second-order valence-electron chi connectivity index (χ2n) is 6.87. The summed E-state index contributed by atoms with van der Waals surface area (Å²) in [5.41, 5.74) is -0.439. The minimum absolute atomic E-state index is 0.258. The molecule has 5 heteroatoms. The summed E-state index contributed by atoms with van der Waals surface area (Å²) in [6.07, 6.45) is 8.57. The number of nitrogens with zero attached hydrogens (tertiary/aromatic N) is 1. The van der Waals surface area contributed by atoms with Crippen molar-refractivity contribution < 1.29 is 19.4 Å². The molecule has 0 unspecified atom stereocenters. The second kappa shape index (κ2) is 11.3. The monoisotopic (exact) mass is 315 g/mol. The molecule has 0 heterocycles. The number of carbonyl (C=O) groups is 2. The van der Waals surface area contributed by atoms with Crippen LogP contribution in [0.25, 0.3) is 0 Å².